The van der Waals surface area contributed by atoms with Crippen LogP contribution in [-0.2, 0) is 0 Å². The summed E-state index contributed by atoms with van der Waals surface area (Å²) in [6.45, 7) is 4.23. The molecule has 0 bridgehead atoms. The second-order valence-electron chi connectivity index (χ2n) is 6.83. The van der Waals surface area contributed by atoms with Gasteiger partial charge in [0.05, 0.1) is 43.6 Å². The van der Waals surface area contributed by atoms with Gasteiger partial charge in [0.25, 0.3) is 0 Å². The van der Waals surface area contributed by atoms with Gasteiger partial charge in [0.15, 0.2) is 5.41 Å². The fourth-order valence-electron chi connectivity index (χ4n) is 4.32. The molecule has 0 amide bonds. The molecule has 0 radical (unpaired) electrons. The summed E-state index contributed by atoms with van der Waals surface area (Å²) in [6, 6.07) is 12.2. The second-order valence-corrected chi connectivity index (χ2v) is 6.83. The first-order valence-electron chi connectivity index (χ1n) is 8.63. The van der Waals surface area contributed by atoms with Crippen molar-refractivity contribution in [3.8, 4) is 18.2 Å². The Morgan fingerprint density at radius 1 is 1.27 bits per heavy atom. The normalized spacial score (nSPS) is 29.5. The fraction of sp³-hybridized carbons (Fsp3) is 0.400. The molecule has 2 unspecified atom stereocenters. The number of halogens is 1. The van der Waals surface area contributed by atoms with Crippen LogP contribution in [0.5, 0.6) is 0 Å². The van der Waals surface area contributed by atoms with Crippen molar-refractivity contribution in [3.63, 3.8) is 0 Å². The predicted octanol–water partition coefficient (Wildman–Crippen LogP) is 1.58. The van der Waals surface area contributed by atoms with Crippen LogP contribution >= 0.6 is 0 Å². The van der Waals surface area contributed by atoms with Crippen molar-refractivity contribution in [1.29, 1.82) is 21.2 Å². The first-order valence-corrected chi connectivity index (χ1v) is 8.63. The Hall–Kier alpha value is -3.01. The van der Waals surface area contributed by atoms with E-state index in [1.165, 1.54) is 11.0 Å². The molecule has 1 heterocycles. The van der Waals surface area contributed by atoms with E-state index in [-0.39, 0.29) is 17.2 Å². The summed E-state index contributed by atoms with van der Waals surface area (Å²) in [5, 5.41) is 37.9. The number of benzene rings is 1. The summed E-state index contributed by atoms with van der Waals surface area (Å²) in [6.07, 6.45) is 1.95. The monoisotopic (exact) mass is 348 g/mol. The lowest BCUT2D eigenvalue weighted by Gasteiger charge is -2.46. The van der Waals surface area contributed by atoms with Crippen LogP contribution in [-0.4, -0.2) is 25.3 Å². The average Bonchev–Trinajstić information content (AvgIpc) is 2.67. The number of fused-ring (bicyclic) bond motifs is 1. The highest BCUT2D eigenvalue weighted by atomic mass is 19.1. The van der Waals surface area contributed by atoms with Gasteiger partial charge in [-0.2, -0.15) is 15.8 Å². The minimum absolute atomic E-state index is 0.235. The molecule has 1 aliphatic heterocycles. The smallest absolute Gasteiger partial charge is 0.190 e. The topological polar surface area (TPSA) is 99.7 Å². The van der Waals surface area contributed by atoms with E-state index in [4.69, 9.17) is 5.41 Å². The molecule has 0 saturated heterocycles. The third-order valence-electron chi connectivity index (χ3n) is 5.70. The van der Waals surface area contributed by atoms with Gasteiger partial charge in [0.1, 0.15) is 11.7 Å². The van der Waals surface area contributed by atoms with E-state index in [0.717, 1.165) is 18.7 Å². The molecule has 26 heavy (non-hydrogen) atoms. The fourth-order valence-corrected chi connectivity index (χ4v) is 4.32. The van der Waals surface area contributed by atoms with E-state index in [0.29, 0.717) is 6.54 Å². The Kier molecular flexibility index (Phi) is 4.60. The van der Waals surface area contributed by atoms with Gasteiger partial charge in [-0.1, -0.05) is 18.2 Å². The zero-order valence-corrected chi connectivity index (χ0v) is 14.5. The van der Waals surface area contributed by atoms with Crippen LogP contribution in [0.1, 0.15) is 18.4 Å². The summed E-state index contributed by atoms with van der Waals surface area (Å²) in [4.78, 5) is 1.25. The predicted molar refractivity (Wildman–Crippen MR) is 92.4 cm³/mol. The van der Waals surface area contributed by atoms with Gasteiger partial charge in [-0.3, -0.25) is 0 Å². The van der Waals surface area contributed by atoms with E-state index in [2.05, 4.69) is 6.07 Å². The summed E-state index contributed by atoms with van der Waals surface area (Å²) >= 11 is 0. The molecule has 0 aromatic heterocycles. The van der Waals surface area contributed by atoms with Crippen molar-refractivity contribution < 1.29 is 9.29 Å². The molecule has 1 aromatic rings. The Morgan fingerprint density at radius 2 is 1.96 bits per heavy atom. The van der Waals surface area contributed by atoms with Gasteiger partial charge < -0.3 is 10.3 Å². The van der Waals surface area contributed by atoms with E-state index in [9.17, 15) is 20.2 Å². The van der Waals surface area contributed by atoms with Crippen LogP contribution in [0.2, 0.25) is 0 Å². The Bertz CT molecular complexity index is 884. The van der Waals surface area contributed by atoms with E-state index in [1.54, 1.807) is 18.2 Å². The first-order chi connectivity index (χ1) is 12.5. The van der Waals surface area contributed by atoms with E-state index < -0.39 is 23.1 Å². The molecule has 6 heteroatoms. The lowest BCUT2D eigenvalue weighted by atomic mass is 9.54. The van der Waals surface area contributed by atoms with Crippen LogP contribution in [0.3, 0.4) is 0 Å². The van der Waals surface area contributed by atoms with Gasteiger partial charge in [0, 0.05) is 11.8 Å². The maximum atomic E-state index is 14.7. The SMILES string of the molecule is CC[NH+]1CC=C2C(C#N)C(=N)C(C#N)(C#N)[C@@H](c3ccccc3F)[C@@H]2C1. The lowest BCUT2D eigenvalue weighted by molar-refractivity contribution is -0.897. The third kappa shape index (κ3) is 2.41. The number of hydrogen-bond donors (Lipinski definition) is 2. The average molecular weight is 348 g/mol. The minimum Gasteiger partial charge on any atom is -0.331 e. The van der Waals surface area contributed by atoms with E-state index in [1.807, 2.05) is 25.1 Å². The number of nitriles is 3. The third-order valence-corrected chi connectivity index (χ3v) is 5.70. The molecular weight excluding hydrogens is 329 g/mol. The van der Waals surface area contributed by atoms with Crippen molar-refractivity contribution in [3.05, 3.63) is 47.3 Å². The molecule has 5 nitrogen and oxygen atoms in total. The molecule has 1 aliphatic carbocycles. The Morgan fingerprint density at radius 3 is 2.54 bits per heavy atom. The van der Waals surface area contributed by atoms with Gasteiger partial charge in [-0.15, -0.1) is 0 Å². The second kappa shape index (κ2) is 6.71. The molecule has 1 fully saturated rings. The molecule has 4 atom stereocenters. The van der Waals surface area contributed by atoms with E-state index >= 15 is 0 Å². The summed E-state index contributed by atoms with van der Waals surface area (Å²) < 4.78 is 14.7. The van der Waals surface area contributed by atoms with Crippen LogP contribution in [0.25, 0.3) is 0 Å². The van der Waals surface area contributed by atoms with Crippen LogP contribution in [0, 0.1) is 62.5 Å². The maximum Gasteiger partial charge on any atom is 0.190 e. The van der Waals surface area contributed by atoms with Gasteiger partial charge in [-0.25, -0.2) is 4.39 Å². The first kappa shape index (κ1) is 17.8. The highest BCUT2D eigenvalue weighted by molar-refractivity contribution is 6.00. The van der Waals surface area contributed by atoms with Crippen molar-refractivity contribution in [2.45, 2.75) is 12.8 Å². The van der Waals surface area contributed by atoms with Crippen molar-refractivity contribution in [2.75, 3.05) is 19.6 Å². The molecular formula is C20H19FN5+. The van der Waals surface area contributed by atoms with Gasteiger partial charge in [-0.05, 0) is 30.2 Å². The van der Waals surface area contributed by atoms with Gasteiger partial charge >= 0.3 is 0 Å². The zero-order valence-electron chi connectivity index (χ0n) is 14.5. The number of likely N-dealkylation sites (N-methyl/N-ethyl adjacent to an activating group) is 1. The molecule has 1 aromatic carbocycles. The molecule has 0 spiro atoms. The molecule has 3 rings (SSSR count). The summed E-state index contributed by atoms with van der Waals surface area (Å²) in [5.41, 5.74) is -1.06. The number of hydrogen-bond acceptors (Lipinski definition) is 4. The van der Waals surface area contributed by atoms with Crippen LogP contribution < -0.4 is 4.90 Å². The van der Waals surface area contributed by atoms with Crippen molar-refractivity contribution >= 4 is 5.71 Å². The standard InChI is InChI=1S/C20H18FN5/c1-2-26-8-7-13-15(9-22)19(25)20(11-23,12-24)18(16(13)10-26)14-5-3-4-6-17(14)21/h3-7,15-16,18,25H,2,8,10H2,1H3/p+1/t15?,16-,18+/m1/s1. The minimum atomic E-state index is -1.85. The quantitative estimate of drug-likeness (QED) is 0.794. The Labute approximate surface area is 152 Å². The number of nitrogens with one attached hydrogen (secondary N) is 2. The van der Waals surface area contributed by atoms with Crippen LogP contribution in [0.15, 0.2) is 35.9 Å². The summed E-state index contributed by atoms with van der Waals surface area (Å²) in [7, 11) is 0. The number of quaternary nitrogens is 1. The van der Waals surface area contributed by atoms with Crippen LogP contribution in [0.4, 0.5) is 4.39 Å². The molecule has 2 aliphatic rings. The molecule has 2 N–H and O–H groups in total. The zero-order chi connectivity index (χ0) is 18.9. The lowest BCUT2D eigenvalue weighted by Crippen LogP contribution is -3.13. The molecule has 1 saturated carbocycles. The summed E-state index contributed by atoms with van der Waals surface area (Å²) in [5.74, 6) is -2.52. The number of rotatable bonds is 2. The highest BCUT2D eigenvalue weighted by Crippen LogP contribution is 2.52. The maximum absolute atomic E-state index is 14.7. The highest BCUT2D eigenvalue weighted by Gasteiger charge is 2.59. The van der Waals surface area contributed by atoms with Gasteiger partial charge in [0.2, 0.25) is 0 Å². The Balaban J connectivity index is 2.28. The van der Waals surface area contributed by atoms with Crippen molar-refractivity contribution in [2.24, 2.45) is 17.3 Å². The molecule has 130 valence electrons. The number of nitrogens with zero attached hydrogens (tertiary/aromatic N) is 3. The van der Waals surface area contributed by atoms with Crippen molar-refractivity contribution in [1.82, 2.24) is 0 Å². The largest absolute Gasteiger partial charge is 0.331 e.